The first kappa shape index (κ1) is 25.7. The van der Waals surface area contributed by atoms with E-state index in [4.69, 9.17) is 4.74 Å². The van der Waals surface area contributed by atoms with Crippen LogP contribution in [-0.2, 0) is 13.0 Å². The average molecular weight is 522 g/mol. The van der Waals surface area contributed by atoms with Crippen LogP contribution in [0.4, 0.5) is 0 Å². The summed E-state index contributed by atoms with van der Waals surface area (Å²) >= 11 is 0. The van der Waals surface area contributed by atoms with Crippen LogP contribution in [0.15, 0.2) is 97.1 Å². The second-order valence-electron chi connectivity index (χ2n) is 9.47. The van der Waals surface area contributed by atoms with Crippen LogP contribution in [0.3, 0.4) is 0 Å². The molecule has 1 aliphatic carbocycles. The summed E-state index contributed by atoms with van der Waals surface area (Å²) in [5.41, 5.74) is 2.43. The van der Waals surface area contributed by atoms with Crippen molar-refractivity contribution in [2.24, 2.45) is 0 Å². The molecule has 1 amide bonds. The largest absolute Gasteiger partial charge is 0.478 e. The number of aromatic carboxylic acids is 2. The van der Waals surface area contributed by atoms with Gasteiger partial charge in [0.25, 0.3) is 5.91 Å². The van der Waals surface area contributed by atoms with E-state index in [0.29, 0.717) is 11.5 Å². The Balaban J connectivity index is 1.53. The highest BCUT2D eigenvalue weighted by atomic mass is 16.5. The smallest absolute Gasteiger partial charge is 0.336 e. The highest BCUT2D eigenvalue weighted by Gasteiger charge is 2.31. The minimum absolute atomic E-state index is 0.122. The first-order valence-electron chi connectivity index (χ1n) is 12.7. The third-order valence-corrected chi connectivity index (χ3v) is 6.93. The molecule has 0 saturated heterocycles. The molecule has 7 nitrogen and oxygen atoms in total. The van der Waals surface area contributed by atoms with Crippen LogP contribution in [0.2, 0.25) is 0 Å². The van der Waals surface area contributed by atoms with Crippen LogP contribution in [0.5, 0.6) is 11.5 Å². The number of rotatable bonds is 8. The molecule has 0 aliphatic heterocycles. The van der Waals surface area contributed by atoms with E-state index in [2.05, 4.69) is 6.07 Å². The minimum atomic E-state index is -1.40. The van der Waals surface area contributed by atoms with Crippen LogP contribution in [0.25, 0.3) is 0 Å². The van der Waals surface area contributed by atoms with Crippen molar-refractivity contribution in [3.63, 3.8) is 0 Å². The van der Waals surface area contributed by atoms with Crippen LogP contribution >= 0.6 is 0 Å². The predicted octanol–water partition coefficient (Wildman–Crippen LogP) is 6.60. The number of para-hydroxylation sites is 1. The molecule has 1 atom stereocenters. The monoisotopic (exact) mass is 521 g/mol. The standard InChI is InChI=1S/C32H27NO6/c34-30(23-16-17-27(31(35)36)28(19-23)32(37)38)33(29-15-7-10-22-9-4-5-14-26(22)29)20-21-8-6-13-25(18-21)39-24-11-2-1-3-12-24/h1-6,8-9,11-14,16-19,29H,7,10,15,20H2,(H,35,36)(H,37,38)/t29-/m0/s1. The van der Waals surface area contributed by atoms with E-state index in [1.807, 2.05) is 72.8 Å². The molecular weight excluding hydrogens is 494 g/mol. The van der Waals surface area contributed by atoms with Gasteiger partial charge in [-0.15, -0.1) is 0 Å². The Labute approximate surface area is 225 Å². The highest BCUT2D eigenvalue weighted by Crippen LogP contribution is 2.36. The quantitative estimate of drug-likeness (QED) is 0.271. The number of ether oxygens (including phenoxy) is 1. The minimum Gasteiger partial charge on any atom is -0.478 e. The van der Waals surface area contributed by atoms with Gasteiger partial charge in [-0.05, 0) is 78.4 Å². The molecule has 5 rings (SSSR count). The molecule has 39 heavy (non-hydrogen) atoms. The van der Waals surface area contributed by atoms with Gasteiger partial charge in [-0.3, -0.25) is 4.79 Å². The number of aryl methyl sites for hydroxylation is 1. The Morgan fingerprint density at radius 3 is 2.26 bits per heavy atom. The fourth-order valence-corrected chi connectivity index (χ4v) is 5.11. The van der Waals surface area contributed by atoms with E-state index >= 15 is 0 Å². The van der Waals surface area contributed by atoms with Crippen molar-refractivity contribution in [3.8, 4) is 11.5 Å². The Morgan fingerprint density at radius 1 is 0.769 bits per heavy atom. The average Bonchev–Trinajstić information content (AvgIpc) is 2.95. The number of hydrogen-bond donors (Lipinski definition) is 2. The molecule has 0 unspecified atom stereocenters. The predicted molar refractivity (Wildman–Crippen MR) is 145 cm³/mol. The number of fused-ring (bicyclic) bond motifs is 1. The maximum atomic E-state index is 14.0. The van der Waals surface area contributed by atoms with Crippen molar-refractivity contribution in [1.82, 2.24) is 4.90 Å². The third-order valence-electron chi connectivity index (χ3n) is 6.93. The molecular formula is C32H27NO6. The van der Waals surface area contributed by atoms with E-state index in [1.54, 1.807) is 4.90 Å². The van der Waals surface area contributed by atoms with Crippen molar-refractivity contribution >= 4 is 17.8 Å². The maximum Gasteiger partial charge on any atom is 0.336 e. The van der Waals surface area contributed by atoms with Crippen molar-refractivity contribution in [1.29, 1.82) is 0 Å². The molecule has 0 spiro atoms. The molecule has 0 saturated carbocycles. The van der Waals surface area contributed by atoms with E-state index in [-0.39, 0.29) is 29.6 Å². The molecule has 0 radical (unpaired) electrons. The number of carbonyl (C=O) groups is 3. The van der Waals surface area contributed by atoms with Gasteiger partial charge in [0, 0.05) is 12.1 Å². The molecule has 0 aromatic heterocycles. The number of carbonyl (C=O) groups excluding carboxylic acids is 1. The van der Waals surface area contributed by atoms with Gasteiger partial charge in [0.05, 0.1) is 17.2 Å². The highest BCUT2D eigenvalue weighted by molar-refractivity contribution is 6.04. The lowest BCUT2D eigenvalue weighted by Crippen LogP contribution is -2.36. The van der Waals surface area contributed by atoms with E-state index in [1.165, 1.54) is 17.7 Å². The number of hydrogen-bond acceptors (Lipinski definition) is 4. The summed E-state index contributed by atoms with van der Waals surface area (Å²) in [6.07, 6.45) is 2.58. The van der Waals surface area contributed by atoms with Gasteiger partial charge in [-0.25, -0.2) is 9.59 Å². The summed E-state index contributed by atoms with van der Waals surface area (Å²) in [4.78, 5) is 39.2. The van der Waals surface area contributed by atoms with Gasteiger partial charge < -0.3 is 19.8 Å². The van der Waals surface area contributed by atoms with Crippen LogP contribution < -0.4 is 4.74 Å². The second kappa shape index (κ2) is 11.2. The van der Waals surface area contributed by atoms with E-state index in [0.717, 1.165) is 36.5 Å². The lowest BCUT2D eigenvalue weighted by Gasteiger charge is -2.36. The van der Waals surface area contributed by atoms with Gasteiger partial charge in [-0.1, -0.05) is 54.6 Å². The Hall–Kier alpha value is -4.91. The van der Waals surface area contributed by atoms with Crippen molar-refractivity contribution < 1.29 is 29.3 Å². The van der Waals surface area contributed by atoms with Crippen molar-refractivity contribution in [3.05, 3.63) is 130 Å². The zero-order valence-corrected chi connectivity index (χ0v) is 21.1. The summed E-state index contributed by atoms with van der Waals surface area (Å²) < 4.78 is 6.00. The number of carboxylic acids is 2. The fraction of sp³-hybridized carbons (Fsp3) is 0.156. The fourth-order valence-electron chi connectivity index (χ4n) is 5.11. The van der Waals surface area contributed by atoms with Gasteiger partial charge in [0.2, 0.25) is 0 Å². The van der Waals surface area contributed by atoms with Gasteiger partial charge >= 0.3 is 11.9 Å². The lowest BCUT2D eigenvalue weighted by molar-refractivity contribution is 0.0632. The molecule has 4 aromatic carbocycles. The first-order valence-corrected chi connectivity index (χ1v) is 12.7. The number of amides is 1. The molecule has 1 aliphatic rings. The number of nitrogens with zero attached hydrogens (tertiary/aromatic N) is 1. The zero-order valence-electron chi connectivity index (χ0n) is 21.1. The van der Waals surface area contributed by atoms with Crippen molar-refractivity contribution in [2.45, 2.75) is 31.8 Å². The molecule has 0 fully saturated rings. The summed E-state index contributed by atoms with van der Waals surface area (Å²) in [5.74, 6) is -1.80. The molecule has 2 N–H and O–H groups in total. The van der Waals surface area contributed by atoms with Gasteiger partial charge in [-0.2, -0.15) is 0 Å². The lowest BCUT2D eigenvalue weighted by atomic mass is 9.86. The summed E-state index contributed by atoms with van der Waals surface area (Å²) in [6.45, 7) is 0.257. The number of carboxylic acid groups (broad SMARTS) is 2. The Morgan fingerprint density at radius 2 is 1.49 bits per heavy atom. The Bertz CT molecular complexity index is 1530. The van der Waals surface area contributed by atoms with Gasteiger partial charge in [0.1, 0.15) is 11.5 Å². The van der Waals surface area contributed by atoms with Crippen LogP contribution in [0.1, 0.15) is 66.6 Å². The van der Waals surface area contributed by atoms with Crippen LogP contribution in [0, 0.1) is 0 Å². The number of benzene rings is 4. The van der Waals surface area contributed by atoms with Crippen LogP contribution in [-0.4, -0.2) is 33.0 Å². The van der Waals surface area contributed by atoms with E-state index < -0.39 is 17.5 Å². The SMILES string of the molecule is O=C(O)c1ccc(C(=O)N(Cc2cccc(Oc3ccccc3)c2)[C@H]2CCCc3ccccc32)cc1C(=O)O. The molecule has 4 aromatic rings. The summed E-state index contributed by atoms with van der Waals surface area (Å²) in [5, 5.41) is 19.0. The normalized spacial score (nSPS) is 14.2. The molecule has 0 bridgehead atoms. The maximum absolute atomic E-state index is 14.0. The Kier molecular flexibility index (Phi) is 7.41. The zero-order chi connectivity index (χ0) is 27.4. The molecule has 7 heteroatoms. The van der Waals surface area contributed by atoms with Crippen molar-refractivity contribution in [2.75, 3.05) is 0 Å². The third kappa shape index (κ3) is 5.67. The molecule has 0 heterocycles. The van der Waals surface area contributed by atoms with Gasteiger partial charge in [0.15, 0.2) is 0 Å². The summed E-state index contributed by atoms with van der Waals surface area (Å²) in [7, 11) is 0. The first-order chi connectivity index (χ1) is 18.9. The second-order valence-corrected chi connectivity index (χ2v) is 9.47. The summed E-state index contributed by atoms with van der Waals surface area (Å²) in [6, 6.07) is 28.5. The molecule has 196 valence electrons. The van der Waals surface area contributed by atoms with E-state index in [9.17, 15) is 24.6 Å². The topological polar surface area (TPSA) is 104 Å².